The molecule has 0 radical (unpaired) electrons. The highest BCUT2D eigenvalue weighted by molar-refractivity contribution is 9.10. The van der Waals surface area contributed by atoms with Gasteiger partial charge >= 0.3 is 5.69 Å². The highest BCUT2D eigenvalue weighted by atomic mass is 79.9. The largest absolute Gasteiger partial charge is 0.481 e. The van der Waals surface area contributed by atoms with Gasteiger partial charge in [0.05, 0.1) is 26.5 Å². The van der Waals surface area contributed by atoms with E-state index in [1.807, 2.05) is 6.92 Å². The molecule has 8 nitrogen and oxygen atoms in total. The zero-order valence-corrected chi connectivity index (χ0v) is 21.4. The number of ether oxygens (including phenoxy) is 1. The summed E-state index contributed by atoms with van der Waals surface area (Å²) in [5.74, 6) is -0.0678. The molecule has 0 saturated heterocycles. The number of nitro benzene ring substituents is 1. The lowest BCUT2D eigenvalue weighted by molar-refractivity contribution is -0.386. The summed E-state index contributed by atoms with van der Waals surface area (Å²) in [6.45, 7) is 1.66. The molecule has 11 heteroatoms. The van der Waals surface area contributed by atoms with Crippen LogP contribution in [0.1, 0.15) is 23.9 Å². The second-order valence-electron chi connectivity index (χ2n) is 7.39. The predicted molar refractivity (Wildman–Crippen MR) is 138 cm³/mol. The van der Waals surface area contributed by atoms with E-state index in [4.69, 9.17) is 4.74 Å². The second kappa shape index (κ2) is 10.4. The number of rotatable bonds is 7. The number of nitrogens with zero attached hydrogens (tertiary/aromatic N) is 4. The molecule has 0 saturated carbocycles. The van der Waals surface area contributed by atoms with Crippen LogP contribution in [0.5, 0.6) is 5.75 Å². The first kappa shape index (κ1) is 24.7. The van der Waals surface area contributed by atoms with Crippen molar-refractivity contribution in [2.75, 3.05) is 0 Å². The molecule has 4 aromatic rings. The normalized spacial score (nSPS) is 11.3. The second-order valence-corrected chi connectivity index (χ2v) is 9.16. The van der Waals surface area contributed by atoms with E-state index in [0.29, 0.717) is 28.7 Å². The maximum Gasteiger partial charge on any atom is 0.312 e. The summed E-state index contributed by atoms with van der Waals surface area (Å²) in [4.78, 5) is 28.7. The molecule has 0 amide bonds. The molecule has 0 bridgehead atoms. The van der Waals surface area contributed by atoms with E-state index in [0.717, 1.165) is 4.47 Å². The van der Waals surface area contributed by atoms with E-state index in [2.05, 4.69) is 41.9 Å². The van der Waals surface area contributed by atoms with Crippen molar-refractivity contribution in [1.29, 1.82) is 0 Å². The van der Waals surface area contributed by atoms with E-state index in [-0.39, 0.29) is 33.6 Å². The Hall–Kier alpha value is -3.44. The molecule has 4 rings (SSSR count). The van der Waals surface area contributed by atoms with Crippen LogP contribution in [0.3, 0.4) is 0 Å². The third-order valence-corrected chi connectivity index (χ3v) is 6.17. The van der Waals surface area contributed by atoms with Gasteiger partial charge in [0.25, 0.3) is 5.56 Å². The van der Waals surface area contributed by atoms with Crippen molar-refractivity contribution in [3.63, 3.8) is 0 Å². The summed E-state index contributed by atoms with van der Waals surface area (Å²) in [5, 5.41) is 16.4. The Bertz CT molecular complexity index is 1540. The van der Waals surface area contributed by atoms with E-state index in [1.165, 1.54) is 29.1 Å². The fraction of sp³-hybridized carbons (Fsp3) is 0.125. The monoisotopic (exact) mass is 602 g/mol. The van der Waals surface area contributed by atoms with Crippen LogP contribution in [0.4, 0.5) is 10.1 Å². The van der Waals surface area contributed by atoms with E-state index in [1.54, 1.807) is 36.4 Å². The minimum atomic E-state index is -0.600. The topological polar surface area (TPSA) is 99.6 Å². The fourth-order valence-corrected chi connectivity index (χ4v) is 4.33. The first-order valence-electron chi connectivity index (χ1n) is 10.4. The fourth-order valence-electron chi connectivity index (χ4n) is 3.38. The summed E-state index contributed by atoms with van der Waals surface area (Å²) in [5.41, 5.74) is 0.478. The summed E-state index contributed by atoms with van der Waals surface area (Å²) < 4.78 is 21.7. The smallest absolute Gasteiger partial charge is 0.312 e. The third-order valence-electron chi connectivity index (χ3n) is 5.09. The quantitative estimate of drug-likeness (QED) is 0.147. The SMILES string of the molecule is CCc1nc2ccc(Br)cc2c(=O)n1N=Cc1cc(Br)c(OCc2ccccc2F)c([N+](=O)[O-])c1. The summed E-state index contributed by atoms with van der Waals surface area (Å²) in [7, 11) is 0. The number of nitro groups is 1. The Morgan fingerprint density at radius 3 is 2.69 bits per heavy atom. The highest BCUT2D eigenvalue weighted by Crippen LogP contribution is 2.36. The number of fused-ring (bicyclic) bond motifs is 1. The van der Waals surface area contributed by atoms with Crippen molar-refractivity contribution in [3.05, 3.63) is 107 Å². The molecule has 1 heterocycles. The van der Waals surface area contributed by atoms with Gasteiger partial charge in [-0.2, -0.15) is 9.78 Å². The van der Waals surface area contributed by atoms with Gasteiger partial charge in [-0.1, -0.05) is 41.1 Å². The van der Waals surface area contributed by atoms with Gasteiger partial charge in [0.1, 0.15) is 18.2 Å². The van der Waals surface area contributed by atoms with Crippen molar-refractivity contribution < 1.29 is 14.1 Å². The number of hydrogen-bond donors (Lipinski definition) is 0. The van der Waals surface area contributed by atoms with Crippen LogP contribution in [0.15, 0.2) is 73.4 Å². The summed E-state index contributed by atoms with van der Waals surface area (Å²) in [6.07, 6.45) is 1.79. The first-order chi connectivity index (χ1) is 16.8. The molecule has 178 valence electrons. The maximum absolute atomic E-state index is 13.9. The first-order valence-corrected chi connectivity index (χ1v) is 12.0. The van der Waals surface area contributed by atoms with Crippen LogP contribution in [0, 0.1) is 15.9 Å². The molecule has 3 aromatic carbocycles. The van der Waals surface area contributed by atoms with Crippen LogP contribution in [-0.2, 0) is 13.0 Å². The lowest BCUT2D eigenvalue weighted by Crippen LogP contribution is -2.22. The Labute approximate surface area is 215 Å². The van der Waals surface area contributed by atoms with Gasteiger partial charge in [0.2, 0.25) is 5.75 Å². The van der Waals surface area contributed by atoms with Gasteiger partial charge in [-0.05, 0) is 46.3 Å². The van der Waals surface area contributed by atoms with Gasteiger partial charge in [0, 0.05) is 28.1 Å². The van der Waals surface area contributed by atoms with Crippen molar-refractivity contribution in [2.45, 2.75) is 20.0 Å². The van der Waals surface area contributed by atoms with Gasteiger partial charge in [-0.25, -0.2) is 9.37 Å². The maximum atomic E-state index is 13.9. The van der Waals surface area contributed by atoms with Crippen LogP contribution >= 0.6 is 31.9 Å². The number of aryl methyl sites for hydroxylation is 1. The predicted octanol–water partition coefficient (Wildman–Crippen LogP) is 5.99. The number of halogens is 3. The Kier molecular flexibility index (Phi) is 7.37. The molecule has 35 heavy (non-hydrogen) atoms. The standard InChI is InChI=1S/C24H17Br2FN4O4/c1-2-22-29-20-8-7-16(25)11-17(20)24(32)30(22)28-12-14-9-18(26)23(21(10-14)31(33)34)35-13-15-5-3-4-6-19(15)27/h3-12H,2,13H2,1H3. The van der Waals surface area contributed by atoms with Gasteiger partial charge < -0.3 is 4.74 Å². The van der Waals surface area contributed by atoms with E-state index < -0.39 is 10.7 Å². The molecule has 0 atom stereocenters. The molecule has 0 aliphatic carbocycles. The zero-order valence-electron chi connectivity index (χ0n) is 18.2. The molecule has 0 aliphatic heterocycles. The molecule has 1 aromatic heterocycles. The Morgan fingerprint density at radius 2 is 1.97 bits per heavy atom. The van der Waals surface area contributed by atoms with Crippen LogP contribution in [0.2, 0.25) is 0 Å². The Balaban J connectivity index is 1.71. The summed E-state index contributed by atoms with van der Waals surface area (Å²) in [6, 6.07) is 14.1. The number of aromatic nitrogens is 2. The minimum Gasteiger partial charge on any atom is -0.481 e. The van der Waals surface area contributed by atoms with E-state index >= 15 is 0 Å². The minimum absolute atomic E-state index is 0.0426. The van der Waals surface area contributed by atoms with Gasteiger partial charge in [0.15, 0.2) is 0 Å². The lowest BCUT2D eigenvalue weighted by atomic mass is 10.2. The zero-order chi connectivity index (χ0) is 25.1. The average molecular weight is 604 g/mol. The van der Waals surface area contributed by atoms with Crippen molar-refractivity contribution in [1.82, 2.24) is 9.66 Å². The van der Waals surface area contributed by atoms with Crippen molar-refractivity contribution in [2.24, 2.45) is 5.10 Å². The molecule has 0 spiro atoms. The van der Waals surface area contributed by atoms with Crippen LogP contribution in [0.25, 0.3) is 10.9 Å². The van der Waals surface area contributed by atoms with E-state index in [9.17, 15) is 19.3 Å². The molecule has 0 unspecified atom stereocenters. The molecular weight excluding hydrogens is 587 g/mol. The van der Waals surface area contributed by atoms with Crippen LogP contribution in [-0.4, -0.2) is 20.8 Å². The third kappa shape index (κ3) is 5.30. The van der Waals surface area contributed by atoms with Crippen LogP contribution < -0.4 is 10.3 Å². The molecule has 0 N–H and O–H groups in total. The molecular formula is C24H17Br2FN4O4. The average Bonchev–Trinajstić information content (AvgIpc) is 2.83. The molecule has 0 fully saturated rings. The van der Waals surface area contributed by atoms with Crippen molar-refractivity contribution >= 4 is 54.7 Å². The lowest BCUT2D eigenvalue weighted by Gasteiger charge is -2.11. The highest BCUT2D eigenvalue weighted by Gasteiger charge is 2.21. The number of hydrogen-bond acceptors (Lipinski definition) is 6. The molecule has 0 aliphatic rings. The Morgan fingerprint density at radius 1 is 1.20 bits per heavy atom. The summed E-state index contributed by atoms with van der Waals surface area (Å²) >= 11 is 6.65. The number of benzene rings is 3. The van der Waals surface area contributed by atoms with Gasteiger partial charge in [-0.3, -0.25) is 14.9 Å². The van der Waals surface area contributed by atoms with Gasteiger partial charge in [-0.15, -0.1) is 0 Å². The van der Waals surface area contributed by atoms with Crippen molar-refractivity contribution in [3.8, 4) is 5.75 Å².